The summed E-state index contributed by atoms with van der Waals surface area (Å²) >= 11 is 0. The van der Waals surface area contributed by atoms with Gasteiger partial charge in [0.1, 0.15) is 13.6 Å². The van der Waals surface area contributed by atoms with E-state index in [1.54, 1.807) is 0 Å². The van der Waals surface area contributed by atoms with Crippen LogP contribution in [0.15, 0.2) is 0 Å². The van der Waals surface area contributed by atoms with Crippen LogP contribution in [-0.2, 0) is 14.3 Å². The van der Waals surface area contributed by atoms with Crippen molar-refractivity contribution >= 4 is 6.79 Å². The molecule has 1 rings (SSSR count). The van der Waals surface area contributed by atoms with Gasteiger partial charge in [0.15, 0.2) is 0 Å². The summed E-state index contributed by atoms with van der Waals surface area (Å²) in [6.07, 6.45) is 0. The molecule has 3 heteroatoms. The van der Waals surface area contributed by atoms with Crippen molar-refractivity contribution in [2.24, 2.45) is 0 Å². The molecule has 1 saturated heterocycles. The van der Waals surface area contributed by atoms with E-state index >= 15 is 0 Å². The van der Waals surface area contributed by atoms with Gasteiger partial charge in [-0.25, -0.2) is 0 Å². The first-order valence-corrected chi connectivity index (χ1v) is 1.94. The van der Waals surface area contributed by atoms with Crippen LogP contribution >= 0.6 is 0 Å². The maximum Gasteiger partial charge on any atom is 0.146 e. The van der Waals surface area contributed by atoms with Gasteiger partial charge in [-0.2, -0.15) is 0 Å². The van der Waals surface area contributed by atoms with E-state index in [0.29, 0.717) is 6.79 Å². The van der Waals surface area contributed by atoms with Crippen LogP contribution in [0.25, 0.3) is 0 Å². The third-order valence-electron chi connectivity index (χ3n) is 0.539. The Labute approximate surface area is 42.2 Å². The largest absolute Gasteiger partial charge is 0.353 e. The molecule has 0 radical (unpaired) electrons. The van der Waals surface area contributed by atoms with E-state index in [9.17, 15) is 0 Å². The average molecular weight is 104 g/mol. The van der Waals surface area contributed by atoms with Gasteiger partial charge in [0, 0.05) is 0 Å². The van der Waals surface area contributed by atoms with Gasteiger partial charge in [-0.3, -0.25) is 0 Å². The normalized spacial score (nSPS) is 17.7. The third kappa shape index (κ3) is 3.42. The van der Waals surface area contributed by atoms with Crippen LogP contribution in [0.3, 0.4) is 0 Å². The Morgan fingerprint density at radius 3 is 1.71 bits per heavy atom. The van der Waals surface area contributed by atoms with E-state index in [1.165, 1.54) is 0 Å². The van der Waals surface area contributed by atoms with Gasteiger partial charge in [0.05, 0.1) is 13.2 Å². The second kappa shape index (κ2) is 5.59. The fourth-order valence-corrected chi connectivity index (χ4v) is 0.295. The maximum atomic E-state index is 8.00. The van der Waals surface area contributed by atoms with Crippen molar-refractivity contribution in [3.8, 4) is 0 Å². The highest BCUT2D eigenvalue weighted by Crippen LogP contribution is 1.85. The summed E-state index contributed by atoms with van der Waals surface area (Å²) in [5.41, 5.74) is 0. The standard InChI is InChI=1S/C3H6O2.CH2O/c1-2-5-3-4-1;1-2/h1-3H2;1H2. The molecule has 0 N–H and O–H groups in total. The van der Waals surface area contributed by atoms with Crippen LogP contribution in [0.1, 0.15) is 0 Å². The minimum absolute atomic E-state index is 0.500. The zero-order valence-electron chi connectivity index (χ0n) is 4.05. The summed E-state index contributed by atoms with van der Waals surface area (Å²) in [5.74, 6) is 0. The molecule has 3 nitrogen and oxygen atoms in total. The number of ether oxygens (including phenoxy) is 2. The van der Waals surface area contributed by atoms with E-state index in [4.69, 9.17) is 14.3 Å². The molecule has 0 amide bonds. The highest BCUT2D eigenvalue weighted by atomic mass is 16.7. The van der Waals surface area contributed by atoms with Crippen molar-refractivity contribution in [3.05, 3.63) is 0 Å². The second-order valence-corrected chi connectivity index (χ2v) is 0.934. The summed E-state index contributed by atoms with van der Waals surface area (Å²) in [7, 11) is 0. The van der Waals surface area contributed by atoms with E-state index in [-0.39, 0.29) is 0 Å². The van der Waals surface area contributed by atoms with Crippen LogP contribution in [-0.4, -0.2) is 26.8 Å². The van der Waals surface area contributed by atoms with E-state index in [1.807, 2.05) is 6.79 Å². The topological polar surface area (TPSA) is 35.5 Å². The molecule has 0 spiro atoms. The Bertz CT molecular complexity index is 26.3. The van der Waals surface area contributed by atoms with Crippen molar-refractivity contribution in [2.75, 3.05) is 20.0 Å². The van der Waals surface area contributed by atoms with E-state index < -0.39 is 0 Å². The minimum Gasteiger partial charge on any atom is -0.353 e. The monoisotopic (exact) mass is 104 g/mol. The molecule has 0 atom stereocenters. The molecule has 0 aliphatic carbocycles. The molecular weight excluding hydrogens is 96.0 g/mol. The van der Waals surface area contributed by atoms with Crippen LogP contribution < -0.4 is 0 Å². The minimum atomic E-state index is 0.500. The quantitative estimate of drug-likeness (QED) is 0.427. The first-order valence-electron chi connectivity index (χ1n) is 1.94. The lowest BCUT2D eigenvalue weighted by Gasteiger charge is -1.76. The predicted octanol–water partition coefficient (Wildman–Crippen LogP) is -0.194. The van der Waals surface area contributed by atoms with E-state index in [2.05, 4.69) is 0 Å². The zero-order chi connectivity index (χ0) is 5.54. The molecule has 1 heterocycles. The average Bonchev–Trinajstić information content (AvgIpc) is 2.23. The highest BCUT2D eigenvalue weighted by Gasteiger charge is 1.93. The summed E-state index contributed by atoms with van der Waals surface area (Å²) in [6, 6.07) is 0. The van der Waals surface area contributed by atoms with Gasteiger partial charge in [0.25, 0.3) is 0 Å². The smallest absolute Gasteiger partial charge is 0.146 e. The molecule has 0 bridgehead atoms. The SMILES string of the molecule is C1COCO1.C=O. The molecule has 7 heavy (non-hydrogen) atoms. The van der Waals surface area contributed by atoms with Crippen molar-refractivity contribution in [1.82, 2.24) is 0 Å². The zero-order valence-corrected chi connectivity index (χ0v) is 4.05. The van der Waals surface area contributed by atoms with Gasteiger partial charge in [-0.15, -0.1) is 0 Å². The molecule has 1 fully saturated rings. The highest BCUT2D eigenvalue weighted by molar-refractivity contribution is 5.10. The summed E-state index contributed by atoms with van der Waals surface area (Å²) in [5, 5.41) is 0. The summed E-state index contributed by atoms with van der Waals surface area (Å²) in [6.45, 7) is 4.06. The fourth-order valence-electron chi connectivity index (χ4n) is 0.295. The number of carbonyl (C=O) groups is 1. The first-order chi connectivity index (χ1) is 3.50. The summed E-state index contributed by atoms with van der Waals surface area (Å²) in [4.78, 5) is 8.00. The Morgan fingerprint density at radius 1 is 1.14 bits per heavy atom. The maximum absolute atomic E-state index is 8.00. The molecule has 0 aromatic rings. The molecule has 1 aliphatic rings. The third-order valence-corrected chi connectivity index (χ3v) is 0.539. The predicted molar refractivity (Wildman–Crippen MR) is 23.9 cm³/mol. The lowest BCUT2D eigenvalue weighted by Crippen LogP contribution is -1.79. The van der Waals surface area contributed by atoms with Crippen molar-refractivity contribution in [3.63, 3.8) is 0 Å². The van der Waals surface area contributed by atoms with Gasteiger partial charge in [-0.1, -0.05) is 0 Å². The Balaban J connectivity index is 0.000000162. The molecule has 0 unspecified atom stereocenters. The number of hydrogen-bond acceptors (Lipinski definition) is 3. The number of rotatable bonds is 0. The molecule has 1 aliphatic heterocycles. The van der Waals surface area contributed by atoms with Gasteiger partial charge < -0.3 is 14.3 Å². The lowest BCUT2D eigenvalue weighted by atomic mass is 10.8. The molecule has 42 valence electrons. The summed E-state index contributed by atoms with van der Waals surface area (Å²) < 4.78 is 9.44. The second-order valence-electron chi connectivity index (χ2n) is 0.934. The molecular formula is C4H8O3. The van der Waals surface area contributed by atoms with Gasteiger partial charge >= 0.3 is 0 Å². The van der Waals surface area contributed by atoms with Crippen LogP contribution in [0.2, 0.25) is 0 Å². The molecule has 0 aromatic carbocycles. The van der Waals surface area contributed by atoms with Crippen molar-refractivity contribution in [1.29, 1.82) is 0 Å². The Morgan fingerprint density at radius 2 is 1.57 bits per heavy atom. The van der Waals surface area contributed by atoms with Crippen LogP contribution in [0, 0.1) is 0 Å². The van der Waals surface area contributed by atoms with E-state index in [0.717, 1.165) is 13.2 Å². The number of hydrogen-bond donors (Lipinski definition) is 0. The molecule has 0 aromatic heterocycles. The first kappa shape index (κ1) is 6.59. The van der Waals surface area contributed by atoms with Crippen LogP contribution in [0.4, 0.5) is 0 Å². The van der Waals surface area contributed by atoms with Gasteiger partial charge in [0.2, 0.25) is 0 Å². The van der Waals surface area contributed by atoms with Crippen molar-refractivity contribution in [2.45, 2.75) is 0 Å². The molecule has 0 saturated carbocycles. The fraction of sp³-hybridized carbons (Fsp3) is 0.750. The number of carbonyl (C=O) groups excluding carboxylic acids is 1. The van der Waals surface area contributed by atoms with Crippen molar-refractivity contribution < 1.29 is 14.3 Å². The lowest BCUT2D eigenvalue weighted by molar-refractivity contribution is -0.0979. The van der Waals surface area contributed by atoms with Crippen LogP contribution in [0.5, 0.6) is 0 Å². The Hall–Kier alpha value is -0.410. The van der Waals surface area contributed by atoms with Gasteiger partial charge in [-0.05, 0) is 0 Å². The Kier molecular flexibility index (Phi) is 5.26.